The molecule has 9 nitrogen and oxygen atoms in total. The number of thioether (sulfide) groups is 1. The maximum atomic E-state index is 13.0. The summed E-state index contributed by atoms with van der Waals surface area (Å²) in [4.78, 5) is 39.5. The fourth-order valence-electron chi connectivity index (χ4n) is 3.47. The highest BCUT2D eigenvalue weighted by Gasteiger charge is 2.20. The Morgan fingerprint density at radius 3 is 2.55 bits per heavy atom. The van der Waals surface area contributed by atoms with E-state index in [-0.39, 0.29) is 11.6 Å². The molecule has 10 heteroatoms. The molecule has 4 rings (SSSR count). The lowest BCUT2D eigenvalue weighted by Crippen LogP contribution is -2.39. The minimum absolute atomic E-state index is 0.0314. The summed E-state index contributed by atoms with van der Waals surface area (Å²) in [7, 11) is 1.48. The monoisotopic (exact) mass is 466 g/mol. The summed E-state index contributed by atoms with van der Waals surface area (Å²) in [5, 5.41) is 4.92. The van der Waals surface area contributed by atoms with Gasteiger partial charge in [-0.25, -0.2) is 14.8 Å². The second kappa shape index (κ2) is 9.70. The van der Waals surface area contributed by atoms with Crippen LogP contribution in [0.5, 0.6) is 0 Å². The zero-order valence-corrected chi connectivity index (χ0v) is 19.9. The Labute approximate surface area is 194 Å². The second-order valence-electron chi connectivity index (χ2n) is 8.09. The number of hydrogen-bond donors (Lipinski definition) is 0. The first-order valence-corrected chi connectivity index (χ1v) is 11.9. The third-order valence-corrected chi connectivity index (χ3v) is 6.14. The Kier molecular flexibility index (Phi) is 6.73. The molecule has 0 aliphatic rings. The molecule has 3 heterocycles. The third kappa shape index (κ3) is 4.75. The van der Waals surface area contributed by atoms with Crippen molar-refractivity contribution in [1.29, 1.82) is 0 Å². The van der Waals surface area contributed by atoms with E-state index in [9.17, 15) is 9.59 Å². The first-order chi connectivity index (χ1) is 15.9. The molecule has 0 atom stereocenters. The SMILES string of the molecule is CCCn1c(=O)n(C)c(=O)c2c(SCc3nc(Cc4ccccc4)no3)nc(C(C)C)nc21. The van der Waals surface area contributed by atoms with Crippen molar-refractivity contribution in [3.05, 3.63) is 74.3 Å². The van der Waals surface area contributed by atoms with Gasteiger partial charge in [0, 0.05) is 25.9 Å². The van der Waals surface area contributed by atoms with E-state index >= 15 is 0 Å². The molecule has 0 N–H and O–H groups in total. The quantitative estimate of drug-likeness (QED) is 0.287. The molecule has 0 aliphatic carbocycles. The maximum absolute atomic E-state index is 13.0. The lowest BCUT2D eigenvalue weighted by atomic mass is 10.1. The fraction of sp³-hybridized carbons (Fsp3) is 0.391. The van der Waals surface area contributed by atoms with E-state index in [1.54, 1.807) is 4.57 Å². The number of fused-ring (bicyclic) bond motifs is 1. The molecule has 0 aliphatic heterocycles. The maximum Gasteiger partial charge on any atom is 0.332 e. The van der Waals surface area contributed by atoms with Crippen LogP contribution in [0.3, 0.4) is 0 Å². The van der Waals surface area contributed by atoms with Gasteiger partial charge in [-0.15, -0.1) is 0 Å². The van der Waals surface area contributed by atoms with E-state index < -0.39 is 5.56 Å². The number of nitrogens with zero attached hydrogens (tertiary/aromatic N) is 6. The average Bonchev–Trinajstić information content (AvgIpc) is 3.26. The lowest BCUT2D eigenvalue weighted by Gasteiger charge is -2.14. The van der Waals surface area contributed by atoms with Crippen molar-refractivity contribution in [2.45, 2.75) is 56.9 Å². The Hall–Kier alpha value is -3.27. The minimum Gasteiger partial charge on any atom is -0.338 e. The Balaban J connectivity index is 1.70. The van der Waals surface area contributed by atoms with Crippen molar-refractivity contribution < 1.29 is 4.52 Å². The van der Waals surface area contributed by atoms with Crippen LogP contribution in [0.4, 0.5) is 0 Å². The molecule has 4 aromatic rings. The number of benzene rings is 1. The van der Waals surface area contributed by atoms with E-state index in [2.05, 4.69) is 20.1 Å². The van der Waals surface area contributed by atoms with Crippen molar-refractivity contribution in [1.82, 2.24) is 29.2 Å². The van der Waals surface area contributed by atoms with Gasteiger partial charge >= 0.3 is 5.69 Å². The summed E-state index contributed by atoms with van der Waals surface area (Å²) in [6.45, 7) is 6.40. The lowest BCUT2D eigenvalue weighted by molar-refractivity contribution is 0.386. The van der Waals surface area contributed by atoms with Gasteiger partial charge in [-0.2, -0.15) is 4.98 Å². The van der Waals surface area contributed by atoms with E-state index in [1.165, 1.54) is 18.8 Å². The topological polar surface area (TPSA) is 109 Å². The van der Waals surface area contributed by atoms with Crippen LogP contribution in [0.15, 0.2) is 49.5 Å². The van der Waals surface area contributed by atoms with Crippen LogP contribution < -0.4 is 11.2 Å². The van der Waals surface area contributed by atoms with E-state index in [1.807, 2.05) is 51.1 Å². The van der Waals surface area contributed by atoms with Crippen molar-refractivity contribution in [3.63, 3.8) is 0 Å². The molecule has 0 saturated heterocycles. The summed E-state index contributed by atoms with van der Waals surface area (Å²) in [6, 6.07) is 9.92. The first-order valence-electron chi connectivity index (χ1n) is 10.9. The molecule has 0 unspecified atom stereocenters. The van der Waals surface area contributed by atoms with Crippen LogP contribution in [0, 0.1) is 0 Å². The molecule has 3 aromatic heterocycles. The van der Waals surface area contributed by atoms with Crippen LogP contribution in [0.1, 0.15) is 56.2 Å². The first kappa shape index (κ1) is 22.9. The highest BCUT2D eigenvalue weighted by Crippen LogP contribution is 2.27. The zero-order valence-electron chi connectivity index (χ0n) is 19.1. The summed E-state index contributed by atoms with van der Waals surface area (Å²) >= 11 is 1.33. The highest BCUT2D eigenvalue weighted by atomic mass is 32.2. The van der Waals surface area contributed by atoms with Gasteiger partial charge in [0.2, 0.25) is 5.89 Å². The fourth-order valence-corrected chi connectivity index (χ4v) is 4.33. The van der Waals surface area contributed by atoms with Crippen LogP contribution in [-0.4, -0.2) is 29.2 Å². The van der Waals surface area contributed by atoms with Crippen LogP contribution in [0.25, 0.3) is 11.0 Å². The predicted molar refractivity (Wildman–Crippen MR) is 127 cm³/mol. The molecule has 0 saturated carbocycles. The molecule has 172 valence electrons. The van der Waals surface area contributed by atoms with E-state index in [0.29, 0.717) is 52.3 Å². The normalized spacial score (nSPS) is 11.5. The Morgan fingerprint density at radius 2 is 1.85 bits per heavy atom. The van der Waals surface area contributed by atoms with Gasteiger partial charge in [0.25, 0.3) is 5.56 Å². The van der Waals surface area contributed by atoms with E-state index in [0.717, 1.165) is 16.6 Å². The van der Waals surface area contributed by atoms with Gasteiger partial charge in [-0.05, 0) is 12.0 Å². The van der Waals surface area contributed by atoms with Crippen molar-refractivity contribution in [2.75, 3.05) is 0 Å². The van der Waals surface area contributed by atoms with Gasteiger partial charge < -0.3 is 4.52 Å². The summed E-state index contributed by atoms with van der Waals surface area (Å²) in [6.07, 6.45) is 1.32. The summed E-state index contributed by atoms with van der Waals surface area (Å²) in [5.41, 5.74) is 0.691. The Bertz CT molecular complexity index is 1390. The zero-order chi connectivity index (χ0) is 23.5. The number of aryl methyl sites for hydroxylation is 1. The van der Waals surface area contributed by atoms with Gasteiger partial charge in [0.1, 0.15) is 16.2 Å². The van der Waals surface area contributed by atoms with Crippen LogP contribution >= 0.6 is 11.8 Å². The van der Waals surface area contributed by atoms with Gasteiger partial charge in [-0.1, -0.05) is 68.0 Å². The number of aromatic nitrogens is 6. The molecule has 0 bridgehead atoms. The summed E-state index contributed by atoms with van der Waals surface area (Å²) < 4.78 is 8.09. The van der Waals surface area contributed by atoms with E-state index in [4.69, 9.17) is 4.52 Å². The van der Waals surface area contributed by atoms with Crippen molar-refractivity contribution in [2.24, 2.45) is 7.05 Å². The molecule has 0 radical (unpaired) electrons. The Morgan fingerprint density at radius 1 is 1.09 bits per heavy atom. The van der Waals surface area contributed by atoms with Gasteiger partial charge in [-0.3, -0.25) is 13.9 Å². The van der Waals surface area contributed by atoms with Gasteiger partial charge in [0.05, 0.1) is 5.75 Å². The molecule has 0 spiro atoms. The standard InChI is InChI=1S/C23H26N6O3S/c1-5-11-29-20-18(22(30)28(4)23(29)31)21(26-19(25-20)14(2)3)33-13-17-24-16(27-32-17)12-15-9-7-6-8-10-15/h6-10,14H,5,11-13H2,1-4H3. The largest absolute Gasteiger partial charge is 0.338 e. The van der Waals surface area contributed by atoms with Crippen LogP contribution in [-0.2, 0) is 25.8 Å². The predicted octanol–water partition coefficient (Wildman–Crippen LogP) is 3.29. The molecule has 0 amide bonds. The van der Waals surface area contributed by atoms with Crippen LogP contribution in [0.2, 0.25) is 0 Å². The van der Waals surface area contributed by atoms with Gasteiger partial charge in [0.15, 0.2) is 11.5 Å². The molecule has 1 aromatic carbocycles. The third-order valence-electron chi connectivity index (χ3n) is 5.18. The number of hydrogen-bond acceptors (Lipinski definition) is 8. The highest BCUT2D eigenvalue weighted by molar-refractivity contribution is 7.98. The molecule has 0 fully saturated rings. The summed E-state index contributed by atoms with van der Waals surface area (Å²) in [5.74, 6) is 2.01. The molecular formula is C23H26N6O3S. The van der Waals surface area contributed by atoms with Crippen molar-refractivity contribution >= 4 is 22.8 Å². The number of rotatable bonds is 8. The molecule has 33 heavy (non-hydrogen) atoms. The second-order valence-corrected chi connectivity index (χ2v) is 9.06. The average molecular weight is 467 g/mol. The molecular weight excluding hydrogens is 440 g/mol. The smallest absolute Gasteiger partial charge is 0.332 e. The van der Waals surface area contributed by atoms with Crippen molar-refractivity contribution in [3.8, 4) is 0 Å². The minimum atomic E-state index is -0.407.